The largest absolute Gasteiger partial charge is 0.369 e. The predicted molar refractivity (Wildman–Crippen MR) is 162 cm³/mol. The number of anilines is 3. The SMILES string of the molecule is CC(C)N1CCN(c2ccc(Nc3ncc4c(=O)n(-c5ccccc5Cl)nc(-c5ccccc5)c4n3)cc2)CC1. The van der Waals surface area contributed by atoms with Gasteiger partial charge in [0.05, 0.1) is 16.1 Å². The third-order valence-corrected chi connectivity index (χ3v) is 7.62. The number of piperazine rings is 1. The second-order valence-corrected chi connectivity index (χ2v) is 10.5. The molecule has 1 N–H and O–H groups in total. The van der Waals surface area contributed by atoms with Crippen LogP contribution in [-0.4, -0.2) is 56.9 Å². The average Bonchev–Trinajstić information content (AvgIpc) is 2.99. The fraction of sp³-hybridized carbons (Fsp3) is 0.226. The van der Waals surface area contributed by atoms with E-state index in [0.717, 1.165) is 37.4 Å². The van der Waals surface area contributed by atoms with E-state index in [9.17, 15) is 4.79 Å². The number of aromatic nitrogens is 4. The normalized spacial score (nSPS) is 14.2. The summed E-state index contributed by atoms with van der Waals surface area (Å²) >= 11 is 6.43. The minimum absolute atomic E-state index is 0.337. The molecule has 0 saturated carbocycles. The van der Waals surface area contributed by atoms with Gasteiger partial charge in [-0.15, -0.1) is 0 Å². The van der Waals surface area contributed by atoms with Gasteiger partial charge in [0.25, 0.3) is 5.56 Å². The molecule has 0 spiro atoms. The van der Waals surface area contributed by atoms with Crippen LogP contribution in [0, 0.1) is 0 Å². The van der Waals surface area contributed by atoms with E-state index in [1.54, 1.807) is 18.3 Å². The zero-order valence-electron chi connectivity index (χ0n) is 22.5. The molecule has 0 amide bonds. The Kier molecular flexibility index (Phi) is 7.19. The molecule has 2 aromatic heterocycles. The molecule has 0 aliphatic carbocycles. The van der Waals surface area contributed by atoms with Gasteiger partial charge in [-0.25, -0.2) is 9.97 Å². The minimum Gasteiger partial charge on any atom is -0.369 e. The monoisotopic (exact) mass is 551 g/mol. The van der Waals surface area contributed by atoms with E-state index >= 15 is 0 Å². The van der Waals surface area contributed by atoms with Crippen LogP contribution in [0.3, 0.4) is 0 Å². The molecule has 0 atom stereocenters. The van der Waals surface area contributed by atoms with Crippen LogP contribution >= 0.6 is 11.6 Å². The Morgan fingerprint density at radius 2 is 1.57 bits per heavy atom. The molecular formula is C31H30ClN7O. The third kappa shape index (κ3) is 5.15. The van der Waals surface area contributed by atoms with Gasteiger partial charge in [-0.05, 0) is 50.2 Å². The number of rotatable bonds is 6. The van der Waals surface area contributed by atoms with Gasteiger partial charge in [-0.1, -0.05) is 54.1 Å². The molecule has 1 saturated heterocycles. The summed E-state index contributed by atoms with van der Waals surface area (Å²) in [5.74, 6) is 0.389. The molecule has 9 heteroatoms. The van der Waals surface area contributed by atoms with Crippen molar-refractivity contribution >= 4 is 39.8 Å². The minimum atomic E-state index is -0.337. The predicted octanol–water partition coefficient (Wildman–Crippen LogP) is 5.77. The van der Waals surface area contributed by atoms with Gasteiger partial charge in [0.2, 0.25) is 5.95 Å². The van der Waals surface area contributed by atoms with Gasteiger partial charge < -0.3 is 10.2 Å². The highest BCUT2D eigenvalue weighted by atomic mass is 35.5. The Hall–Kier alpha value is -4.27. The Balaban J connectivity index is 1.33. The van der Waals surface area contributed by atoms with Crippen LogP contribution in [0.2, 0.25) is 5.02 Å². The van der Waals surface area contributed by atoms with Crippen LogP contribution in [0.25, 0.3) is 27.8 Å². The second-order valence-electron chi connectivity index (χ2n) is 10.1. The van der Waals surface area contributed by atoms with Crippen molar-refractivity contribution in [2.24, 2.45) is 0 Å². The number of nitrogens with one attached hydrogen (secondary N) is 1. The van der Waals surface area contributed by atoms with E-state index in [1.165, 1.54) is 10.4 Å². The second kappa shape index (κ2) is 11.1. The van der Waals surface area contributed by atoms with Crippen molar-refractivity contribution in [1.82, 2.24) is 24.6 Å². The number of para-hydroxylation sites is 1. The van der Waals surface area contributed by atoms with E-state index in [0.29, 0.717) is 39.3 Å². The maximum Gasteiger partial charge on any atom is 0.282 e. The van der Waals surface area contributed by atoms with Crippen molar-refractivity contribution in [3.8, 4) is 16.9 Å². The van der Waals surface area contributed by atoms with Gasteiger partial charge in [-0.2, -0.15) is 9.78 Å². The topological polar surface area (TPSA) is 79.2 Å². The standard InChI is InChI=1S/C31H30ClN7O/c1-21(2)37-16-18-38(19-17-37)24-14-12-23(13-15-24)34-31-33-20-25-29(35-31)28(22-8-4-3-5-9-22)36-39(30(25)40)27-11-7-6-10-26(27)32/h3-15,20-21H,16-19H2,1-2H3,(H,33,34,35). The lowest BCUT2D eigenvalue weighted by atomic mass is 10.1. The molecule has 3 aromatic carbocycles. The number of benzene rings is 3. The smallest absolute Gasteiger partial charge is 0.282 e. The first kappa shape index (κ1) is 26.0. The molecule has 1 aliphatic heterocycles. The number of fused-ring (bicyclic) bond motifs is 1. The molecule has 202 valence electrons. The first-order valence-corrected chi connectivity index (χ1v) is 13.8. The summed E-state index contributed by atoms with van der Waals surface area (Å²) in [5, 5.41) is 8.80. The lowest BCUT2D eigenvalue weighted by Crippen LogP contribution is -2.48. The molecular weight excluding hydrogens is 522 g/mol. The number of nitrogens with zero attached hydrogens (tertiary/aromatic N) is 6. The molecule has 6 rings (SSSR count). The van der Waals surface area contributed by atoms with Crippen LogP contribution in [0.1, 0.15) is 13.8 Å². The van der Waals surface area contributed by atoms with Gasteiger partial charge in [0, 0.05) is 55.4 Å². The van der Waals surface area contributed by atoms with Crippen LogP contribution in [0.4, 0.5) is 17.3 Å². The lowest BCUT2D eigenvalue weighted by Gasteiger charge is -2.38. The maximum atomic E-state index is 13.5. The molecule has 0 bridgehead atoms. The van der Waals surface area contributed by atoms with Crippen molar-refractivity contribution in [2.75, 3.05) is 36.4 Å². The summed E-state index contributed by atoms with van der Waals surface area (Å²) in [5.41, 5.74) is 4.09. The Morgan fingerprint density at radius 1 is 0.875 bits per heavy atom. The summed E-state index contributed by atoms with van der Waals surface area (Å²) < 4.78 is 1.32. The highest BCUT2D eigenvalue weighted by Gasteiger charge is 2.20. The number of halogens is 1. The summed E-state index contributed by atoms with van der Waals surface area (Å²) in [6.07, 6.45) is 1.55. The molecule has 0 unspecified atom stereocenters. The van der Waals surface area contributed by atoms with Gasteiger partial charge >= 0.3 is 0 Å². The Labute approximate surface area is 237 Å². The molecule has 40 heavy (non-hydrogen) atoms. The van der Waals surface area contributed by atoms with Gasteiger partial charge in [0.1, 0.15) is 11.2 Å². The van der Waals surface area contributed by atoms with E-state index in [2.05, 4.69) is 46.1 Å². The quantitative estimate of drug-likeness (QED) is 0.287. The molecule has 0 radical (unpaired) electrons. The Morgan fingerprint density at radius 3 is 2.27 bits per heavy atom. The first-order valence-electron chi connectivity index (χ1n) is 13.4. The highest BCUT2D eigenvalue weighted by molar-refractivity contribution is 6.32. The van der Waals surface area contributed by atoms with E-state index in [1.807, 2.05) is 54.6 Å². The summed E-state index contributed by atoms with van der Waals surface area (Å²) in [4.78, 5) is 27.7. The van der Waals surface area contributed by atoms with Crippen LogP contribution in [0.5, 0.6) is 0 Å². The fourth-order valence-electron chi connectivity index (χ4n) is 5.04. The van der Waals surface area contributed by atoms with Crippen LogP contribution in [0.15, 0.2) is 89.9 Å². The van der Waals surface area contributed by atoms with Crippen molar-refractivity contribution in [3.63, 3.8) is 0 Å². The third-order valence-electron chi connectivity index (χ3n) is 7.30. The summed E-state index contributed by atoms with van der Waals surface area (Å²) in [6.45, 7) is 8.66. The lowest BCUT2D eigenvalue weighted by molar-refractivity contribution is 0.209. The van der Waals surface area contributed by atoms with Crippen molar-refractivity contribution in [3.05, 3.63) is 100 Å². The van der Waals surface area contributed by atoms with Crippen molar-refractivity contribution in [1.29, 1.82) is 0 Å². The van der Waals surface area contributed by atoms with Crippen molar-refractivity contribution < 1.29 is 0 Å². The summed E-state index contributed by atoms with van der Waals surface area (Å²) in [7, 11) is 0. The van der Waals surface area contributed by atoms with Gasteiger partial charge in [0.15, 0.2) is 0 Å². The zero-order chi connectivity index (χ0) is 27.6. The molecule has 1 fully saturated rings. The number of hydrogen-bond donors (Lipinski definition) is 1. The molecule has 8 nitrogen and oxygen atoms in total. The summed E-state index contributed by atoms with van der Waals surface area (Å²) in [6, 6.07) is 25.7. The fourth-order valence-corrected chi connectivity index (χ4v) is 5.26. The van der Waals surface area contributed by atoms with E-state index in [-0.39, 0.29) is 5.56 Å². The van der Waals surface area contributed by atoms with Gasteiger partial charge in [-0.3, -0.25) is 9.69 Å². The number of hydrogen-bond acceptors (Lipinski definition) is 7. The first-order chi connectivity index (χ1) is 19.5. The van der Waals surface area contributed by atoms with E-state index in [4.69, 9.17) is 21.7 Å². The molecule has 3 heterocycles. The average molecular weight is 552 g/mol. The molecule has 1 aliphatic rings. The van der Waals surface area contributed by atoms with Crippen LogP contribution < -0.4 is 15.8 Å². The zero-order valence-corrected chi connectivity index (χ0v) is 23.2. The maximum absolute atomic E-state index is 13.5. The highest BCUT2D eigenvalue weighted by Crippen LogP contribution is 2.27. The van der Waals surface area contributed by atoms with E-state index < -0.39 is 0 Å². The molecule has 5 aromatic rings. The van der Waals surface area contributed by atoms with Crippen LogP contribution in [-0.2, 0) is 0 Å². The Bertz CT molecular complexity index is 1700. The van der Waals surface area contributed by atoms with Crippen molar-refractivity contribution in [2.45, 2.75) is 19.9 Å².